The summed E-state index contributed by atoms with van der Waals surface area (Å²) in [5, 5.41) is 7.78. The average molecular weight is 289 g/mol. The van der Waals surface area contributed by atoms with Crippen LogP contribution in [-0.4, -0.2) is 30.5 Å². The molecule has 0 spiro atoms. The van der Waals surface area contributed by atoms with Crippen molar-refractivity contribution in [2.45, 2.75) is 19.9 Å². The first-order valence-corrected chi connectivity index (χ1v) is 7.04. The van der Waals surface area contributed by atoms with E-state index in [0.29, 0.717) is 0 Å². The highest BCUT2D eigenvalue weighted by Gasteiger charge is 2.05. The predicted molar refractivity (Wildman–Crippen MR) is 82.9 cm³/mol. The topological polar surface area (TPSA) is 48.3 Å². The zero-order valence-corrected chi connectivity index (χ0v) is 13.1. The van der Waals surface area contributed by atoms with Gasteiger partial charge in [0.15, 0.2) is 11.5 Å². The van der Waals surface area contributed by atoms with E-state index >= 15 is 0 Å². The number of nitrogens with zero attached hydrogens (tertiary/aromatic N) is 2. The maximum Gasteiger partial charge on any atom is 0.160 e. The number of benzene rings is 1. The fraction of sp³-hybridized carbons (Fsp3) is 0.438. The van der Waals surface area contributed by atoms with E-state index in [1.165, 1.54) is 11.1 Å². The zero-order valence-electron chi connectivity index (χ0n) is 13.1. The van der Waals surface area contributed by atoms with Crippen molar-refractivity contribution in [1.29, 1.82) is 0 Å². The van der Waals surface area contributed by atoms with E-state index in [4.69, 9.17) is 9.47 Å². The zero-order chi connectivity index (χ0) is 15.2. The van der Waals surface area contributed by atoms with Gasteiger partial charge in [0.25, 0.3) is 0 Å². The SMILES string of the molecule is COc1ccc(CCNCc2cn(C)nc2C)cc1OC. The van der Waals surface area contributed by atoms with Gasteiger partial charge in [-0.25, -0.2) is 0 Å². The Hall–Kier alpha value is -2.01. The Morgan fingerprint density at radius 2 is 1.95 bits per heavy atom. The van der Waals surface area contributed by atoms with E-state index in [0.717, 1.165) is 36.7 Å². The molecule has 0 amide bonds. The molecule has 21 heavy (non-hydrogen) atoms. The lowest BCUT2D eigenvalue weighted by Gasteiger charge is -2.10. The first kappa shape index (κ1) is 15.4. The third-order valence-corrected chi connectivity index (χ3v) is 3.47. The third-order valence-electron chi connectivity index (χ3n) is 3.47. The number of methoxy groups -OCH3 is 2. The summed E-state index contributed by atoms with van der Waals surface area (Å²) < 4.78 is 12.4. The summed E-state index contributed by atoms with van der Waals surface area (Å²) in [6.45, 7) is 3.78. The minimum absolute atomic E-state index is 0.764. The Morgan fingerprint density at radius 1 is 1.19 bits per heavy atom. The van der Waals surface area contributed by atoms with Crippen molar-refractivity contribution in [2.75, 3.05) is 20.8 Å². The summed E-state index contributed by atoms with van der Waals surface area (Å²) in [6.07, 6.45) is 3.00. The van der Waals surface area contributed by atoms with E-state index in [1.807, 2.05) is 30.8 Å². The van der Waals surface area contributed by atoms with Gasteiger partial charge in [0.1, 0.15) is 0 Å². The number of hydrogen-bond donors (Lipinski definition) is 1. The van der Waals surface area contributed by atoms with Crippen molar-refractivity contribution < 1.29 is 9.47 Å². The molecule has 2 rings (SSSR count). The average Bonchev–Trinajstić information content (AvgIpc) is 2.81. The van der Waals surface area contributed by atoms with E-state index in [2.05, 4.69) is 22.7 Å². The van der Waals surface area contributed by atoms with Gasteiger partial charge < -0.3 is 14.8 Å². The molecule has 1 aromatic heterocycles. The Morgan fingerprint density at radius 3 is 2.57 bits per heavy atom. The molecule has 5 heteroatoms. The van der Waals surface area contributed by atoms with Crippen LogP contribution in [0.2, 0.25) is 0 Å². The molecule has 0 bridgehead atoms. The van der Waals surface area contributed by atoms with Gasteiger partial charge in [-0.1, -0.05) is 6.07 Å². The molecule has 0 unspecified atom stereocenters. The first-order valence-electron chi connectivity index (χ1n) is 7.04. The number of aromatic nitrogens is 2. The minimum atomic E-state index is 0.764. The van der Waals surface area contributed by atoms with Gasteiger partial charge in [0.05, 0.1) is 19.9 Å². The molecule has 0 atom stereocenters. The fourth-order valence-electron chi connectivity index (χ4n) is 2.31. The lowest BCUT2D eigenvalue weighted by molar-refractivity contribution is 0.354. The van der Waals surface area contributed by atoms with Crippen LogP contribution < -0.4 is 14.8 Å². The van der Waals surface area contributed by atoms with E-state index in [-0.39, 0.29) is 0 Å². The fourth-order valence-corrected chi connectivity index (χ4v) is 2.31. The Bertz CT molecular complexity index is 593. The highest BCUT2D eigenvalue weighted by atomic mass is 16.5. The molecule has 0 saturated carbocycles. The van der Waals surface area contributed by atoms with Gasteiger partial charge >= 0.3 is 0 Å². The lowest BCUT2D eigenvalue weighted by atomic mass is 10.1. The molecule has 0 aliphatic heterocycles. The number of aryl methyl sites for hydroxylation is 2. The molecular formula is C16H23N3O2. The summed E-state index contributed by atoms with van der Waals surface area (Å²) in [5.41, 5.74) is 3.55. The molecule has 0 saturated heterocycles. The molecule has 1 aromatic carbocycles. The van der Waals surface area contributed by atoms with Gasteiger partial charge in [-0.15, -0.1) is 0 Å². The predicted octanol–water partition coefficient (Wildman–Crippen LogP) is 2.08. The molecule has 2 aromatic rings. The van der Waals surface area contributed by atoms with Crippen molar-refractivity contribution in [2.24, 2.45) is 7.05 Å². The second-order valence-electron chi connectivity index (χ2n) is 5.03. The third kappa shape index (κ3) is 3.98. The normalized spacial score (nSPS) is 10.7. The summed E-state index contributed by atoms with van der Waals surface area (Å²) in [6, 6.07) is 6.04. The van der Waals surface area contributed by atoms with Crippen LogP contribution in [-0.2, 0) is 20.0 Å². The van der Waals surface area contributed by atoms with Crippen molar-refractivity contribution in [3.05, 3.63) is 41.2 Å². The molecule has 0 aliphatic rings. The Labute approximate surface area is 125 Å². The summed E-state index contributed by atoms with van der Waals surface area (Å²) in [7, 11) is 5.25. The molecule has 0 fully saturated rings. The molecule has 0 aliphatic carbocycles. The minimum Gasteiger partial charge on any atom is -0.493 e. The molecular weight excluding hydrogens is 266 g/mol. The van der Waals surface area contributed by atoms with Crippen molar-refractivity contribution in [3.63, 3.8) is 0 Å². The van der Waals surface area contributed by atoms with Crippen molar-refractivity contribution >= 4 is 0 Å². The number of rotatable bonds is 7. The van der Waals surface area contributed by atoms with Crippen LogP contribution in [0.1, 0.15) is 16.8 Å². The smallest absolute Gasteiger partial charge is 0.160 e. The van der Waals surface area contributed by atoms with Gasteiger partial charge in [0, 0.05) is 25.4 Å². The van der Waals surface area contributed by atoms with Crippen LogP contribution >= 0.6 is 0 Å². The second kappa shape index (κ2) is 7.13. The van der Waals surface area contributed by atoms with Crippen LogP contribution in [0.15, 0.2) is 24.4 Å². The molecule has 1 heterocycles. The van der Waals surface area contributed by atoms with Crippen LogP contribution in [0.5, 0.6) is 11.5 Å². The lowest BCUT2D eigenvalue weighted by Crippen LogP contribution is -2.17. The standard InChI is InChI=1S/C16H23N3O2/c1-12-14(11-19(2)18-12)10-17-8-7-13-5-6-15(20-3)16(9-13)21-4/h5-6,9,11,17H,7-8,10H2,1-4H3. The molecule has 114 valence electrons. The number of hydrogen-bond acceptors (Lipinski definition) is 4. The maximum absolute atomic E-state index is 5.31. The van der Waals surface area contributed by atoms with Crippen LogP contribution in [0, 0.1) is 6.92 Å². The highest BCUT2D eigenvalue weighted by molar-refractivity contribution is 5.42. The van der Waals surface area contributed by atoms with Gasteiger partial charge in [-0.2, -0.15) is 5.10 Å². The summed E-state index contributed by atoms with van der Waals surface area (Å²) in [5.74, 6) is 1.54. The van der Waals surface area contributed by atoms with Crippen molar-refractivity contribution in [1.82, 2.24) is 15.1 Å². The number of ether oxygens (including phenoxy) is 2. The van der Waals surface area contributed by atoms with Crippen LogP contribution in [0.25, 0.3) is 0 Å². The van der Waals surface area contributed by atoms with Crippen molar-refractivity contribution in [3.8, 4) is 11.5 Å². The molecule has 1 N–H and O–H groups in total. The van der Waals surface area contributed by atoms with E-state index in [9.17, 15) is 0 Å². The highest BCUT2D eigenvalue weighted by Crippen LogP contribution is 2.27. The Balaban J connectivity index is 1.85. The molecule has 0 radical (unpaired) electrons. The largest absolute Gasteiger partial charge is 0.493 e. The molecule has 5 nitrogen and oxygen atoms in total. The van der Waals surface area contributed by atoms with Crippen LogP contribution in [0.3, 0.4) is 0 Å². The van der Waals surface area contributed by atoms with Crippen LogP contribution in [0.4, 0.5) is 0 Å². The monoisotopic (exact) mass is 289 g/mol. The van der Waals surface area contributed by atoms with E-state index in [1.54, 1.807) is 14.2 Å². The second-order valence-corrected chi connectivity index (χ2v) is 5.03. The Kier molecular flexibility index (Phi) is 5.22. The summed E-state index contributed by atoms with van der Waals surface area (Å²) >= 11 is 0. The van der Waals surface area contributed by atoms with Gasteiger partial charge in [-0.3, -0.25) is 4.68 Å². The summed E-state index contributed by atoms with van der Waals surface area (Å²) in [4.78, 5) is 0. The maximum atomic E-state index is 5.31. The number of nitrogens with one attached hydrogen (secondary N) is 1. The van der Waals surface area contributed by atoms with Gasteiger partial charge in [0.2, 0.25) is 0 Å². The first-order chi connectivity index (χ1) is 10.1. The van der Waals surface area contributed by atoms with E-state index < -0.39 is 0 Å². The quantitative estimate of drug-likeness (QED) is 0.793. The van der Waals surface area contributed by atoms with Gasteiger partial charge in [-0.05, 0) is 37.6 Å².